The first-order chi connectivity index (χ1) is 13.8. The molecule has 0 aliphatic heterocycles. The van der Waals surface area contributed by atoms with Crippen LogP contribution in [0.5, 0.6) is 0 Å². The van der Waals surface area contributed by atoms with Gasteiger partial charge in [-0.2, -0.15) is 47.9 Å². The van der Waals surface area contributed by atoms with E-state index in [1.165, 1.54) is 30.3 Å². The molecule has 0 aliphatic rings. The van der Waals surface area contributed by atoms with Gasteiger partial charge in [0.1, 0.15) is 0 Å². The molecule has 0 spiro atoms. The first kappa shape index (κ1) is 27.6. The van der Waals surface area contributed by atoms with Crippen molar-refractivity contribution in [3.8, 4) is 0 Å². The Morgan fingerprint density at radius 2 is 1.29 bits per heavy atom. The van der Waals surface area contributed by atoms with E-state index in [4.69, 9.17) is 0 Å². The normalized spacial score (nSPS) is 15.1. The van der Waals surface area contributed by atoms with E-state index in [0.717, 1.165) is 13.8 Å². The van der Waals surface area contributed by atoms with Crippen LogP contribution < -0.4 is 0 Å². The number of ketones is 1. The number of hydrogen-bond donors (Lipinski definition) is 0. The standard InChI is InChI=1S/C16H17F9O4S2/c1-3-30(4-2,10-12(26)11-8-6-5-7-9-11)29-31(27,28)16(24,25)14(19,20)13(17,18)15(21,22)23/h5-9H,3-4,10H2,1-2H3. The Labute approximate surface area is 173 Å². The lowest BCUT2D eigenvalue weighted by Gasteiger charge is -2.39. The molecular formula is C16H17F9O4S2. The first-order valence-corrected chi connectivity index (χ1v) is 11.8. The van der Waals surface area contributed by atoms with E-state index in [2.05, 4.69) is 3.63 Å². The number of carbonyl (C=O) groups is 1. The molecule has 1 aromatic rings. The quantitative estimate of drug-likeness (QED) is 0.314. The maximum absolute atomic E-state index is 14.0. The zero-order chi connectivity index (χ0) is 24.5. The number of benzene rings is 1. The lowest BCUT2D eigenvalue weighted by Crippen LogP contribution is -2.63. The van der Waals surface area contributed by atoms with Crippen molar-refractivity contribution in [3.05, 3.63) is 35.9 Å². The average Bonchev–Trinajstić information content (AvgIpc) is 2.66. The molecule has 0 amide bonds. The highest BCUT2D eigenvalue weighted by molar-refractivity contribution is 8.33. The summed E-state index contributed by atoms with van der Waals surface area (Å²) in [4.78, 5) is 12.3. The van der Waals surface area contributed by atoms with Gasteiger partial charge in [0.15, 0.2) is 5.78 Å². The third kappa shape index (κ3) is 4.97. The molecule has 0 fully saturated rings. The molecule has 0 saturated heterocycles. The zero-order valence-electron chi connectivity index (χ0n) is 15.9. The van der Waals surface area contributed by atoms with Crippen LogP contribution in [-0.4, -0.2) is 54.7 Å². The molecule has 0 radical (unpaired) electrons. The van der Waals surface area contributed by atoms with Gasteiger partial charge < -0.3 is 0 Å². The highest BCUT2D eigenvalue weighted by atomic mass is 32.3. The Hall–Kier alpha value is -1.48. The lowest BCUT2D eigenvalue weighted by atomic mass is 10.1. The summed E-state index contributed by atoms with van der Waals surface area (Å²) in [5.41, 5.74) is -0.0111. The number of carbonyl (C=O) groups excluding carboxylic acids is 1. The van der Waals surface area contributed by atoms with Gasteiger partial charge in [0.2, 0.25) is 0 Å². The minimum atomic E-state index is -7.40. The van der Waals surface area contributed by atoms with Crippen LogP contribution in [-0.2, 0) is 13.7 Å². The van der Waals surface area contributed by atoms with Crippen molar-refractivity contribution in [2.24, 2.45) is 0 Å². The maximum Gasteiger partial charge on any atom is 0.460 e. The summed E-state index contributed by atoms with van der Waals surface area (Å²) in [7, 11) is -10.5. The molecule has 0 unspecified atom stereocenters. The van der Waals surface area contributed by atoms with Gasteiger partial charge in [-0.15, -0.1) is 10.3 Å². The fraction of sp³-hybridized carbons (Fsp3) is 0.562. The number of halogens is 9. The summed E-state index contributed by atoms with van der Waals surface area (Å²) in [6.45, 7) is 2.32. The van der Waals surface area contributed by atoms with Gasteiger partial charge in [-0.1, -0.05) is 44.2 Å². The van der Waals surface area contributed by atoms with E-state index < -0.39 is 66.7 Å². The van der Waals surface area contributed by atoms with Gasteiger partial charge in [0.05, 0.1) is 5.75 Å². The molecule has 0 aromatic heterocycles. The lowest BCUT2D eigenvalue weighted by molar-refractivity contribution is -0.382. The Morgan fingerprint density at radius 3 is 1.68 bits per heavy atom. The molecule has 0 bridgehead atoms. The summed E-state index contributed by atoms with van der Waals surface area (Å²) in [5.74, 6) is -17.4. The van der Waals surface area contributed by atoms with E-state index in [-0.39, 0.29) is 5.56 Å². The van der Waals surface area contributed by atoms with Crippen LogP contribution in [0, 0.1) is 0 Å². The second-order valence-corrected chi connectivity index (χ2v) is 11.5. The predicted octanol–water partition coefficient (Wildman–Crippen LogP) is 5.40. The minimum Gasteiger partial charge on any atom is -0.293 e. The van der Waals surface area contributed by atoms with Crippen LogP contribution in [0.15, 0.2) is 30.3 Å². The number of hydrogen-bond acceptors (Lipinski definition) is 4. The van der Waals surface area contributed by atoms with Crippen LogP contribution in [0.3, 0.4) is 0 Å². The molecule has 4 nitrogen and oxygen atoms in total. The summed E-state index contributed by atoms with van der Waals surface area (Å²) in [6, 6.07) is 6.89. The fourth-order valence-electron chi connectivity index (χ4n) is 2.23. The summed E-state index contributed by atoms with van der Waals surface area (Å²) in [6.07, 6.45) is -7.18. The van der Waals surface area contributed by atoms with Crippen LogP contribution in [0.1, 0.15) is 24.2 Å². The largest absolute Gasteiger partial charge is 0.460 e. The van der Waals surface area contributed by atoms with Crippen molar-refractivity contribution in [2.45, 2.75) is 37.1 Å². The van der Waals surface area contributed by atoms with E-state index >= 15 is 0 Å². The van der Waals surface area contributed by atoms with Gasteiger partial charge in [-0.3, -0.25) is 4.79 Å². The number of Topliss-reactive ketones (excluding diaryl/α,β-unsaturated/α-hetero) is 1. The molecule has 180 valence electrons. The molecule has 1 rings (SSSR count). The Morgan fingerprint density at radius 1 is 0.839 bits per heavy atom. The van der Waals surface area contributed by atoms with E-state index in [1.54, 1.807) is 0 Å². The van der Waals surface area contributed by atoms with Crippen LogP contribution in [0.2, 0.25) is 0 Å². The SMILES string of the molecule is CCS(CC)(CC(=O)c1ccccc1)OS(=O)(=O)C(F)(F)C(F)(F)C(F)(F)C(F)(F)F. The summed E-state index contributed by atoms with van der Waals surface area (Å²) < 4.78 is 146. The van der Waals surface area contributed by atoms with Crippen molar-refractivity contribution in [2.75, 3.05) is 17.3 Å². The van der Waals surface area contributed by atoms with Gasteiger partial charge in [-0.25, -0.2) is 3.63 Å². The monoisotopic (exact) mass is 508 g/mol. The van der Waals surface area contributed by atoms with Crippen LogP contribution in [0.25, 0.3) is 0 Å². The third-order valence-electron chi connectivity index (χ3n) is 4.21. The third-order valence-corrected chi connectivity index (χ3v) is 9.85. The van der Waals surface area contributed by atoms with Crippen molar-refractivity contribution in [1.82, 2.24) is 0 Å². The predicted molar refractivity (Wildman–Crippen MR) is 95.2 cm³/mol. The van der Waals surface area contributed by atoms with Crippen LogP contribution >= 0.6 is 10.3 Å². The first-order valence-electron chi connectivity index (χ1n) is 8.32. The van der Waals surface area contributed by atoms with E-state index in [9.17, 15) is 52.7 Å². The highest BCUT2D eigenvalue weighted by Gasteiger charge is 2.86. The summed E-state index contributed by atoms with van der Waals surface area (Å²) >= 11 is 0. The van der Waals surface area contributed by atoms with E-state index in [0.29, 0.717) is 0 Å². The van der Waals surface area contributed by atoms with Crippen LogP contribution in [0.4, 0.5) is 39.5 Å². The minimum absolute atomic E-state index is 0.0111. The van der Waals surface area contributed by atoms with Gasteiger partial charge in [0.25, 0.3) is 0 Å². The maximum atomic E-state index is 14.0. The molecule has 31 heavy (non-hydrogen) atoms. The van der Waals surface area contributed by atoms with Crippen molar-refractivity contribution >= 4 is 26.2 Å². The smallest absolute Gasteiger partial charge is 0.293 e. The zero-order valence-corrected chi connectivity index (χ0v) is 17.5. The van der Waals surface area contributed by atoms with Gasteiger partial charge >= 0.3 is 33.4 Å². The van der Waals surface area contributed by atoms with Gasteiger partial charge in [0, 0.05) is 5.56 Å². The molecule has 15 heteroatoms. The van der Waals surface area contributed by atoms with E-state index in [1.807, 2.05) is 0 Å². The van der Waals surface area contributed by atoms with Crippen molar-refractivity contribution in [1.29, 1.82) is 0 Å². The molecule has 0 saturated carbocycles. The molecule has 0 heterocycles. The molecule has 0 N–H and O–H groups in total. The summed E-state index contributed by atoms with van der Waals surface area (Å²) in [5, 5.41) is -6.96. The number of alkyl halides is 9. The Bertz CT molecular complexity index is 880. The Balaban J connectivity index is 3.38. The fourth-order valence-corrected chi connectivity index (χ4v) is 6.95. The molecule has 1 aromatic carbocycles. The molecule has 0 aliphatic carbocycles. The topological polar surface area (TPSA) is 60.4 Å². The average molecular weight is 508 g/mol. The second kappa shape index (κ2) is 8.81. The molecular weight excluding hydrogens is 491 g/mol. The van der Waals surface area contributed by atoms with Crippen molar-refractivity contribution in [3.63, 3.8) is 0 Å². The Kier molecular flexibility index (Phi) is 7.83. The molecule has 0 atom stereocenters. The van der Waals surface area contributed by atoms with Gasteiger partial charge in [-0.05, 0) is 11.5 Å². The second-order valence-electron chi connectivity index (χ2n) is 6.16. The number of rotatable bonds is 10. The van der Waals surface area contributed by atoms with Crippen molar-refractivity contribution < 1.29 is 56.4 Å². The highest BCUT2D eigenvalue weighted by Crippen LogP contribution is 2.58.